The molecule has 0 fully saturated rings. The van der Waals surface area contributed by atoms with Gasteiger partial charge < -0.3 is 10.8 Å². The minimum Gasteiger partial charge on any atom is -0.508 e. The van der Waals surface area contributed by atoms with Crippen LogP contribution in [0, 0.1) is 0 Å². The Morgan fingerprint density at radius 2 is 1.88 bits per heavy atom. The molecular weight excluding hydrogens is 216 g/mol. The van der Waals surface area contributed by atoms with Gasteiger partial charge in [0.15, 0.2) is 11.5 Å². The van der Waals surface area contributed by atoms with E-state index in [1.807, 2.05) is 18.2 Å². The van der Waals surface area contributed by atoms with E-state index in [9.17, 15) is 5.11 Å². The van der Waals surface area contributed by atoms with Crippen molar-refractivity contribution in [2.45, 2.75) is 0 Å². The average molecular weight is 226 g/mol. The Bertz CT molecular complexity index is 690. The Hall–Kier alpha value is -2.56. The summed E-state index contributed by atoms with van der Waals surface area (Å²) in [5.74, 6) is 1.37. The number of aromatic hydroxyl groups is 1. The molecular formula is C12H10N4O. The first-order valence-corrected chi connectivity index (χ1v) is 5.15. The van der Waals surface area contributed by atoms with Gasteiger partial charge in [-0.25, -0.2) is 0 Å². The lowest BCUT2D eigenvalue weighted by atomic mass is 10.2. The molecule has 17 heavy (non-hydrogen) atoms. The van der Waals surface area contributed by atoms with Gasteiger partial charge in [-0.3, -0.25) is 4.40 Å². The van der Waals surface area contributed by atoms with Crippen LogP contribution in [-0.4, -0.2) is 19.7 Å². The molecule has 0 amide bonds. The summed E-state index contributed by atoms with van der Waals surface area (Å²) in [6, 6.07) is 12.3. The fraction of sp³-hybridized carbons (Fsp3) is 0. The number of nitrogen functional groups attached to an aromatic ring is 1. The van der Waals surface area contributed by atoms with Gasteiger partial charge >= 0.3 is 0 Å². The minimum atomic E-state index is 0.189. The van der Waals surface area contributed by atoms with Gasteiger partial charge in [0.05, 0.1) is 0 Å². The van der Waals surface area contributed by atoms with Crippen molar-refractivity contribution in [1.82, 2.24) is 14.6 Å². The number of benzene rings is 1. The first-order chi connectivity index (χ1) is 8.25. The molecule has 3 aromatic rings. The van der Waals surface area contributed by atoms with Crippen LogP contribution in [0.3, 0.4) is 0 Å². The molecule has 3 N–H and O–H groups in total. The lowest BCUT2D eigenvalue weighted by molar-refractivity contribution is 0.475. The summed E-state index contributed by atoms with van der Waals surface area (Å²) in [6.45, 7) is 0. The van der Waals surface area contributed by atoms with Crippen LogP contribution >= 0.6 is 0 Å². The van der Waals surface area contributed by atoms with Gasteiger partial charge in [-0.2, -0.15) is 0 Å². The lowest BCUT2D eigenvalue weighted by Gasteiger charge is -2.03. The van der Waals surface area contributed by atoms with E-state index in [0.717, 1.165) is 5.56 Å². The molecule has 0 atom stereocenters. The molecule has 0 spiro atoms. The summed E-state index contributed by atoms with van der Waals surface area (Å²) in [4.78, 5) is 0. The zero-order chi connectivity index (χ0) is 11.8. The van der Waals surface area contributed by atoms with Crippen LogP contribution in [0.4, 0.5) is 5.82 Å². The normalized spacial score (nSPS) is 10.8. The minimum absolute atomic E-state index is 0.189. The van der Waals surface area contributed by atoms with Gasteiger partial charge in [0.1, 0.15) is 11.6 Å². The molecule has 5 heteroatoms. The van der Waals surface area contributed by atoms with Gasteiger partial charge in [0.2, 0.25) is 0 Å². The van der Waals surface area contributed by atoms with Gasteiger partial charge in [-0.15, -0.1) is 10.2 Å². The van der Waals surface area contributed by atoms with Crippen molar-refractivity contribution >= 4 is 11.5 Å². The molecule has 0 bridgehead atoms. The molecule has 84 valence electrons. The van der Waals surface area contributed by atoms with Crippen LogP contribution in [0.5, 0.6) is 5.75 Å². The maximum atomic E-state index is 9.46. The molecule has 1 aromatic carbocycles. The number of nitrogens with zero attached hydrogens (tertiary/aromatic N) is 3. The lowest BCUT2D eigenvalue weighted by Crippen LogP contribution is -1.97. The van der Waals surface area contributed by atoms with Crippen molar-refractivity contribution in [2.24, 2.45) is 0 Å². The van der Waals surface area contributed by atoms with E-state index in [-0.39, 0.29) is 5.75 Å². The Labute approximate surface area is 97.1 Å². The largest absolute Gasteiger partial charge is 0.508 e. The standard InChI is InChI=1S/C12H10N4O/c13-10-5-2-6-11-14-15-12(16(10)11)8-3-1-4-9(17)7-8/h1-7,17H,13H2. The third-order valence-electron chi connectivity index (χ3n) is 2.56. The highest BCUT2D eigenvalue weighted by Gasteiger charge is 2.09. The topological polar surface area (TPSA) is 76.4 Å². The number of fused-ring (bicyclic) bond motifs is 1. The van der Waals surface area contributed by atoms with E-state index in [2.05, 4.69) is 10.2 Å². The van der Waals surface area contributed by atoms with Crippen molar-refractivity contribution in [1.29, 1.82) is 0 Å². The SMILES string of the molecule is Nc1cccc2nnc(-c3cccc(O)c3)n12. The Balaban J connectivity index is 2.31. The fourth-order valence-electron chi connectivity index (χ4n) is 1.80. The maximum Gasteiger partial charge on any atom is 0.170 e. The molecule has 3 rings (SSSR count). The molecule has 0 saturated carbocycles. The van der Waals surface area contributed by atoms with Crippen LogP contribution in [0.25, 0.3) is 17.0 Å². The zero-order valence-electron chi connectivity index (χ0n) is 8.91. The van der Waals surface area contributed by atoms with Crippen LogP contribution in [0.1, 0.15) is 0 Å². The second kappa shape index (κ2) is 3.48. The van der Waals surface area contributed by atoms with Crippen molar-refractivity contribution in [2.75, 3.05) is 5.73 Å². The summed E-state index contributed by atoms with van der Waals surface area (Å²) in [6.07, 6.45) is 0. The molecule has 0 saturated heterocycles. The van der Waals surface area contributed by atoms with Gasteiger partial charge in [-0.1, -0.05) is 18.2 Å². The smallest absolute Gasteiger partial charge is 0.170 e. The number of rotatable bonds is 1. The van der Waals surface area contributed by atoms with Crippen molar-refractivity contribution in [3.05, 3.63) is 42.5 Å². The number of hydrogen-bond donors (Lipinski definition) is 2. The number of phenolic OH excluding ortho intramolecular Hbond substituents is 1. The molecule has 2 aromatic heterocycles. The van der Waals surface area contributed by atoms with E-state index in [1.165, 1.54) is 0 Å². The third kappa shape index (κ3) is 1.48. The zero-order valence-corrected chi connectivity index (χ0v) is 8.91. The molecule has 0 aliphatic carbocycles. The molecule has 0 aliphatic rings. The van der Waals surface area contributed by atoms with E-state index < -0.39 is 0 Å². The monoisotopic (exact) mass is 226 g/mol. The first kappa shape index (κ1) is 9.65. The van der Waals surface area contributed by atoms with E-state index in [1.54, 1.807) is 28.7 Å². The summed E-state index contributed by atoms with van der Waals surface area (Å²) in [7, 11) is 0. The van der Waals surface area contributed by atoms with Gasteiger partial charge in [0.25, 0.3) is 0 Å². The summed E-state index contributed by atoms with van der Waals surface area (Å²) in [5.41, 5.74) is 7.35. The maximum absolute atomic E-state index is 9.46. The molecule has 0 aliphatic heterocycles. The van der Waals surface area contributed by atoms with Crippen LogP contribution in [0.15, 0.2) is 42.5 Å². The number of nitrogens with two attached hydrogens (primary N) is 1. The number of hydrogen-bond acceptors (Lipinski definition) is 4. The fourth-order valence-corrected chi connectivity index (χ4v) is 1.80. The van der Waals surface area contributed by atoms with Crippen molar-refractivity contribution in [3.8, 4) is 17.1 Å². The van der Waals surface area contributed by atoms with Crippen LogP contribution < -0.4 is 5.73 Å². The van der Waals surface area contributed by atoms with Crippen LogP contribution in [0.2, 0.25) is 0 Å². The molecule has 5 nitrogen and oxygen atoms in total. The molecule has 0 radical (unpaired) electrons. The Morgan fingerprint density at radius 3 is 2.71 bits per heavy atom. The average Bonchev–Trinajstić information content (AvgIpc) is 2.74. The van der Waals surface area contributed by atoms with Crippen molar-refractivity contribution in [3.63, 3.8) is 0 Å². The highest BCUT2D eigenvalue weighted by atomic mass is 16.3. The summed E-state index contributed by atoms with van der Waals surface area (Å²) < 4.78 is 1.74. The number of pyridine rings is 1. The Kier molecular flexibility index (Phi) is 1.98. The molecule has 2 heterocycles. The quantitative estimate of drug-likeness (QED) is 0.662. The predicted molar refractivity (Wildman–Crippen MR) is 64.5 cm³/mol. The summed E-state index contributed by atoms with van der Waals surface area (Å²) in [5, 5.41) is 17.6. The summed E-state index contributed by atoms with van der Waals surface area (Å²) >= 11 is 0. The van der Waals surface area contributed by atoms with Crippen LogP contribution in [-0.2, 0) is 0 Å². The second-order valence-electron chi connectivity index (χ2n) is 3.72. The predicted octanol–water partition coefficient (Wildman–Crippen LogP) is 1.68. The van der Waals surface area contributed by atoms with Crippen molar-refractivity contribution < 1.29 is 5.11 Å². The number of aromatic nitrogens is 3. The molecule has 0 unspecified atom stereocenters. The van der Waals surface area contributed by atoms with E-state index >= 15 is 0 Å². The number of anilines is 1. The van der Waals surface area contributed by atoms with Gasteiger partial charge in [0, 0.05) is 5.56 Å². The highest BCUT2D eigenvalue weighted by molar-refractivity contribution is 5.64. The second-order valence-corrected chi connectivity index (χ2v) is 3.72. The Morgan fingerprint density at radius 1 is 1.06 bits per heavy atom. The first-order valence-electron chi connectivity index (χ1n) is 5.15. The number of phenols is 1. The van der Waals surface area contributed by atoms with E-state index in [0.29, 0.717) is 17.3 Å². The highest BCUT2D eigenvalue weighted by Crippen LogP contribution is 2.23. The van der Waals surface area contributed by atoms with E-state index in [4.69, 9.17) is 5.73 Å². The third-order valence-corrected chi connectivity index (χ3v) is 2.56. The van der Waals surface area contributed by atoms with Gasteiger partial charge in [-0.05, 0) is 24.3 Å².